The predicted molar refractivity (Wildman–Crippen MR) is 82.7 cm³/mol. The summed E-state index contributed by atoms with van der Waals surface area (Å²) in [5.41, 5.74) is 0.732. The van der Waals surface area contributed by atoms with E-state index < -0.39 is 0 Å². The van der Waals surface area contributed by atoms with Crippen LogP contribution in [0.2, 0.25) is 0 Å². The number of nitrogens with zero attached hydrogens (tertiary/aromatic N) is 3. The van der Waals surface area contributed by atoms with Crippen molar-refractivity contribution in [2.24, 2.45) is 7.05 Å². The van der Waals surface area contributed by atoms with Gasteiger partial charge in [0.2, 0.25) is 0 Å². The Balaban J connectivity index is 1.65. The molecule has 1 heterocycles. The van der Waals surface area contributed by atoms with E-state index in [1.165, 1.54) is 17.9 Å². The van der Waals surface area contributed by atoms with E-state index in [0.29, 0.717) is 6.04 Å². The number of unbranched alkanes of at least 4 members (excludes halogenated alkanes) is 1. The number of rotatable bonds is 8. The SMILES string of the molecule is Cc1cc(SCCCCC(C)(C#N)NC2CC2)n(C)n1. The van der Waals surface area contributed by atoms with Crippen LogP contribution in [0.4, 0.5) is 0 Å². The van der Waals surface area contributed by atoms with Crippen LogP contribution in [0.5, 0.6) is 0 Å². The third-order valence-electron chi connectivity index (χ3n) is 3.63. The first-order chi connectivity index (χ1) is 9.52. The summed E-state index contributed by atoms with van der Waals surface area (Å²) in [4.78, 5) is 0. The first-order valence-electron chi connectivity index (χ1n) is 7.35. The molecule has 1 saturated carbocycles. The molecule has 1 unspecified atom stereocenters. The molecule has 0 radical (unpaired) electrons. The van der Waals surface area contributed by atoms with Gasteiger partial charge in [0, 0.05) is 13.1 Å². The summed E-state index contributed by atoms with van der Waals surface area (Å²) < 4.78 is 1.94. The molecule has 0 saturated heterocycles. The van der Waals surface area contributed by atoms with Crippen LogP contribution in [0.1, 0.15) is 44.7 Å². The quantitative estimate of drug-likeness (QED) is 0.591. The number of thioether (sulfide) groups is 1. The molecule has 0 spiro atoms. The monoisotopic (exact) mass is 292 g/mol. The predicted octanol–water partition coefficient (Wildman–Crippen LogP) is 3.03. The molecule has 20 heavy (non-hydrogen) atoms. The van der Waals surface area contributed by atoms with Crippen molar-refractivity contribution >= 4 is 11.8 Å². The van der Waals surface area contributed by atoms with E-state index in [0.717, 1.165) is 30.7 Å². The van der Waals surface area contributed by atoms with Gasteiger partial charge in [-0.2, -0.15) is 10.4 Å². The van der Waals surface area contributed by atoms with Crippen LogP contribution in [0, 0.1) is 18.3 Å². The van der Waals surface area contributed by atoms with E-state index in [1.54, 1.807) is 0 Å². The van der Waals surface area contributed by atoms with Gasteiger partial charge in [-0.25, -0.2) is 0 Å². The molecule has 1 aromatic rings. The molecule has 110 valence electrons. The van der Waals surface area contributed by atoms with Gasteiger partial charge in [-0.1, -0.05) is 0 Å². The van der Waals surface area contributed by atoms with Gasteiger partial charge in [-0.05, 0) is 57.8 Å². The molecule has 1 aromatic heterocycles. The smallest absolute Gasteiger partial charge is 0.104 e. The number of nitrogens with one attached hydrogen (secondary N) is 1. The van der Waals surface area contributed by atoms with E-state index in [1.807, 2.05) is 37.3 Å². The van der Waals surface area contributed by atoms with Crippen LogP contribution in [0.3, 0.4) is 0 Å². The number of hydrogen-bond acceptors (Lipinski definition) is 4. The average Bonchev–Trinajstić information content (AvgIpc) is 3.14. The van der Waals surface area contributed by atoms with Crippen LogP contribution in [-0.4, -0.2) is 27.1 Å². The van der Waals surface area contributed by atoms with E-state index in [2.05, 4.69) is 22.6 Å². The molecular weight excluding hydrogens is 268 g/mol. The fourth-order valence-corrected chi connectivity index (χ4v) is 3.36. The summed E-state index contributed by atoms with van der Waals surface area (Å²) in [6, 6.07) is 5.15. The largest absolute Gasteiger partial charge is 0.297 e. The highest BCUT2D eigenvalue weighted by Gasteiger charge is 2.31. The fourth-order valence-electron chi connectivity index (χ4n) is 2.32. The zero-order valence-electron chi connectivity index (χ0n) is 12.6. The minimum atomic E-state index is -0.338. The Morgan fingerprint density at radius 3 is 2.85 bits per heavy atom. The van der Waals surface area contributed by atoms with Gasteiger partial charge in [-0.3, -0.25) is 10.00 Å². The van der Waals surface area contributed by atoms with Crippen LogP contribution in [0.15, 0.2) is 11.1 Å². The van der Waals surface area contributed by atoms with Crippen molar-refractivity contribution in [3.05, 3.63) is 11.8 Å². The van der Waals surface area contributed by atoms with Gasteiger partial charge in [0.05, 0.1) is 16.8 Å². The molecule has 1 aliphatic carbocycles. The first-order valence-corrected chi connectivity index (χ1v) is 8.33. The lowest BCUT2D eigenvalue weighted by atomic mass is 9.96. The Hall–Kier alpha value is -0.990. The summed E-state index contributed by atoms with van der Waals surface area (Å²) in [6.45, 7) is 4.05. The van der Waals surface area contributed by atoms with Gasteiger partial charge >= 0.3 is 0 Å². The van der Waals surface area contributed by atoms with Gasteiger partial charge in [0.25, 0.3) is 0 Å². The zero-order chi connectivity index (χ0) is 14.6. The number of aromatic nitrogens is 2. The molecule has 4 nitrogen and oxygen atoms in total. The Morgan fingerprint density at radius 2 is 2.30 bits per heavy atom. The van der Waals surface area contributed by atoms with Crippen molar-refractivity contribution in [1.82, 2.24) is 15.1 Å². The van der Waals surface area contributed by atoms with Gasteiger partial charge < -0.3 is 0 Å². The lowest BCUT2D eigenvalue weighted by molar-refractivity contribution is 0.402. The molecule has 0 amide bonds. The fraction of sp³-hybridized carbons (Fsp3) is 0.733. The highest BCUT2D eigenvalue weighted by atomic mass is 32.2. The molecule has 0 aromatic carbocycles. The summed E-state index contributed by atoms with van der Waals surface area (Å²) in [7, 11) is 1.99. The summed E-state index contributed by atoms with van der Waals surface area (Å²) >= 11 is 1.85. The summed E-state index contributed by atoms with van der Waals surface area (Å²) in [6.07, 6.45) is 5.62. The average molecular weight is 292 g/mol. The molecular formula is C15H24N4S. The third kappa shape index (κ3) is 4.53. The maximum absolute atomic E-state index is 9.31. The van der Waals surface area contributed by atoms with Crippen LogP contribution in [-0.2, 0) is 7.05 Å². The Labute approximate surface area is 125 Å². The second-order valence-electron chi connectivity index (χ2n) is 5.92. The lowest BCUT2D eigenvalue weighted by Crippen LogP contribution is -2.42. The van der Waals surface area contributed by atoms with Crippen molar-refractivity contribution < 1.29 is 0 Å². The van der Waals surface area contributed by atoms with E-state index in [9.17, 15) is 5.26 Å². The van der Waals surface area contributed by atoms with Crippen LogP contribution in [0.25, 0.3) is 0 Å². The summed E-state index contributed by atoms with van der Waals surface area (Å²) in [5, 5.41) is 18.3. The lowest BCUT2D eigenvalue weighted by Gasteiger charge is -2.23. The first kappa shape index (κ1) is 15.4. The maximum atomic E-state index is 9.31. The molecule has 0 aliphatic heterocycles. The molecule has 2 rings (SSSR count). The minimum absolute atomic E-state index is 0.338. The number of aryl methyl sites for hydroxylation is 2. The topological polar surface area (TPSA) is 53.6 Å². The molecule has 1 fully saturated rings. The highest BCUT2D eigenvalue weighted by Crippen LogP contribution is 2.25. The van der Waals surface area contributed by atoms with Crippen molar-refractivity contribution in [3.63, 3.8) is 0 Å². The third-order valence-corrected chi connectivity index (χ3v) is 4.80. The van der Waals surface area contributed by atoms with Crippen molar-refractivity contribution in [3.8, 4) is 6.07 Å². The second-order valence-corrected chi connectivity index (χ2v) is 7.03. The Morgan fingerprint density at radius 1 is 1.55 bits per heavy atom. The second kappa shape index (κ2) is 6.64. The standard InChI is InChI=1S/C15H24N4S/c1-12-10-14(19(3)18-12)20-9-5-4-8-15(2,11-16)17-13-6-7-13/h10,13,17H,4-9H2,1-3H3. The minimum Gasteiger partial charge on any atom is -0.297 e. The van der Waals surface area contributed by atoms with E-state index >= 15 is 0 Å². The van der Waals surface area contributed by atoms with Crippen molar-refractivity contribution in [2.45, 2.75) is 62.6 Å². The summed E-state index contributed by atoms with van der Waals surface area (Å²) in [5.74, 6) is 1.09. The molecule has 0 bridgehead atoms. The van der Waals surface area contributed by atoms with E-state index in [4.69, 9.17) is 0 Å². The zero-order valence-corrected chi connectivity index (χ0v) is 13.5. The van der Waals surface area contributed by atoms with Gasteiger partial charge in [-0.15, -0.1) is 11.8 Å². The Kier molecular flexibility index (Phi) is 5.11. The highest BCUT2D eigenvalue weighted by molar-refractivity contribution is 7.99. The van der Waals surface area contributed by atoms with Crippen molar-refractivity contribution in [1.29, 1.82) is 5.26 Å². The number of nitriles is 1. The van der Waals surface area contributed by atoms with E-state index in [-0.39, 0.29) is 5.54 Å². The Bertz CT molecular complexity index is 487. The van der Waals surface area contributed by atoms with Gasteiger partial charge in [0.1, 0.15) is 5.54 Å². The molecule has 5 heteroatoms. The maximum Gasteiger partial charge on any atom is 0.104 e. The molecule has 1 aliphatic rings. The number of hydrogen-bond donors (Lipinski definition) is 1. The molecule has 1 N–H and O–H groups in total. The van der Waals surface area contributed by atoms with Crippen LogP contribution >= 0.6 is 11.8 Å². The normalized spacial score (nSPS) is 17.7. The van der Waals surface area contributed by atoms with Crippen molar-refractivity contribution in [2.75, 3.05) is 5.75 Å². The van der Waals surface area contributed by atoms with Crippen LogP contribution < -0.4 is 5.32 Å². The van der Waals surface area contributed by atoms with Gasteiger partial charge in [0.15, 0.2) is 0 Å². The molecule has 1 atom stereocenters.